The smallest absolute Gasteiger partial charge is 0.238 e. The van der Waals surface area contributed by atoms with E-state index in [1.807, 2.05) is 18.2 Å². The number of ether oxygens (including phenoxy) is 2. The van der Waals surface area contributed by atoms with Gasteiger partial charge in [-0.3, -0.25) is 4.79 Å². The molecule has 2 aromatic rings. The molecule has 0 aliphatic carbocycles. The van der Waals surface area contributed by atoms with Crippen molar-refractivity contribution in [1.29, 1.82) is 0 Å². The zero-order valence-corrected chi connectivity index (χ0v) is 13.6. The normalized spacial score (nSPS) is 12.3. The van der Waals surface area contributed by atoms with Gasteiger partial charge >= 0.3 is 0 Å². The molecule has 0 atom stereocenters. The van der Waals surface area contributed by atoms with Gasteiger partial charge in [0.05, 0.1) is 22.3 Å². The van der Waals surface area contributed by atoms with Crippen molar-refractivity contribution in [3.63, 3.8) is 0 Å². The van der Waals surface area contributed by atoms with Gasteiger partial charge in [0.25, 0.3) is 0 Å². The summed E-state index contributed by atoms with van der Waals surface area (Å²) < 4.78 is 10.6. The standard InChI is InChI=1S/C16H14Cl2N2O3/c17-11-2-1-3-12(16(11)18)20-15(21)8-19-7-10-4-5-13-14(6-10)23-9-22-13/h1-6,19H,7-9H2,(H,20,21). The number of carbonyl (C=O) groups is 1. The van der Waals surface area contributed by atoms with Gasteiger partial charge in [0.2, 0.25) is 12.7 Å². The molecule has 2 aromatic carbocycles. The lowest BCUT2D eigenvalue weighted by molar-refractivity contribution is -0.115. The van der Waals surface area contributed by atoms with Crippen LogP contribution in [0, 0.1) is 0 Å². The van der Waals surface area contributed by atoms with Crippen molar-refractivity contribution >= 4 is 34.8 Å². The summed E-state index contributed by atoms with van der Waals surface area (Å²) in [6.45, 7) is 0.930. The third-order valence-corrected chi connectivity index (χ3v) is 4.10. The molecule has 0 saturated heterocycles. The van der Waals surface area contributed by atoms with E-state index >= 15 is 0 Å². The molecule has 0 fully saturated rings. The van der Waals surface area contributed by atoms with Crippen molar-refractivity contribution in [2.24, 2.45) is 0 Å². The average molecular weight is 353 g/mol. The highest BCUT2D eigenvalue weighted by Gasteiger charge is 2.13. The first-order chi connectivity index (χ1) is 11.1. The van der Waals surface area contributed by atoms with Gasteiger partial charge in [0.15, 0.2) is 11.5 Å². The van der Waals surface area contributed by atoms with Gasteiger partial charge in [-0.15, -0.1) is 0 Å². The van der Waals surface area contributed by atoms with Crippen LogP contribution in [0.25, 0.3) is 0 Å². The fraction of sp³-hybridized carbons (Fsp3) is 0.188. The number of fused-ring (bicyclic) bond motifs is 1. The van der Waals surface area contributed by atoms with Crippen LogP contribution in [-0.2, 0) is 11.3 Å². The number of hydrogen-bond acceptors (Lipinski definition) is 4. The minimum Gasteiger partial charge on any atom is -0.454 e. The first kappa shape index (κ1) is 15.9. The summed E-state index contributed by atoms with van der Waals surface area (Å²) in [5, 5.41) is 6.51. The zero-order chi connectivity index (χ0) is 16.2. The molecule has 0 saturated carbocycles. The van der Waals surface area contributed by atoms with Crippen molar-refractivity contribution in [1.82, 2.24) is 5.32 Å². The number of rotatable bonds is 5. The maximum atomic E-state index is 11.9. The van der Waals surface area contributed by atoms with Gasteiger partial charge in [-0.25, -0.2) is 0 Å². The summed E-state index contributed by atoms with van der Waals surface area (Å²) in [4.78, 5) is 11.9. The van der Waals surface area contributed by atoms with Crippen LogP contribution < -0.4 is 20.1 Å². The van der Waals surface area contributed by atoms with Crippen LogP contribution in [0.1, 0.15) is 5.56 Å². The van der Waals surface area contributed by atoms with Gasteiger partial charge in [0, 0.05) is 6.54 Å². The van der Waals surface area contributed by atoms with E-state index < -0.39 is 0 Å². The Morgan fingerprint density at radius 2 is 1.96 bits per heavy atom. The molecular formula is C16H14Cl2N2O3. The molecule has 0 unspecified atom stereocenters. The van der Waals surface area contributed by atoms with Gasteiger partial charge < -0.3 is 20.1 Å². The van der Waals surface area contributed by atoms with Gasteiger partial charge in [0.1, 0.15) is 0 Å². The van der Waals surface area contributed by atoms with Gasteiger partial charge in [-0.1, -0.05) is 35.3 Å². The first-order valence-electron chi connectivity index (χ1n) is 6.96. The quantitative estimate of drug-likeness (QED) is 0.865. The number of nitrogens with one attached hydrogen (secondary N) is 2. The van der Waals surface area contributed by atoms with Crippen LogP contribution in [0.2, 0.25) is 10.0 Å². The second-order valence-electron chi connectivity index (χ2n) is 4.94. The van der Waals surface area contributed by atoms with Crippen LogP contribution in [0.5, 0.6) is 11.5 Å². The monoisotopic (exact) mass is 352 g/mol. The molecule has 0 bridgehead atoms. The van der Waals surface area contributed by atoms with Crippen LogP contribution in [0.4, 0.5) is 5.69 Å². The molecule has 23 heavy (non-hydrogen) atoms. The zero-order valence-electron chi connectivity index (χ0n) is 12.1. The highest BCUT2D eigenvalue weighted by Crippen LogP contribution is 2.32. The molecule has 1 amide bonds. The Morgan fingerprint density at radius 1 is 1.13 bits per heavy atom. The van der Waals surface area contributed by atoms with Gasteiger partial charge in [-0.05, 0) is 29.8 Å². The van der Waals surface area contributed by atoms with Crippen molar-refractivity contribution in [2.75, 3.05) is 18.7 Å². The van der Waals surface area contributed by atoms with E-state index in [1.165, 1.54) is 0 Å². The Balaban J connectivity index is 1.50. The first-order valence-corrected chi connectivity index (χ1v) is 7.72. The second-order valence-corrected chi connectivity index (χ2v) is 5.73. The predicted molar refractivity (Wildman–Crippen MR) is 89.4 cm³/mol. The predicted octanol–water partition coefficient (Wildman–Crippen LogP) is 3.45. The molecule has 2 N–H and O–H groups in total. The number of hydrogen-bond donors (Lipinski definition) is 2. The molecule has 0 aromatic heterocycles. The molecule has 120 valence electrons. The molecule has 7 heteroatoms. The summed E-state index contributed by atoms with van der Waals surface area (Å²) in [5.41, 5.74) is 1.50. The van der Waals surface area contributed by atoms with E-state index in [2.05, 4.69) is 10.6 Å². The van der Waals surface area contributed by atoms with E-state index in [1.54, 1.807) is 18.2 Å². The minimum atomic E-state index is -0.199. The van der Waals surface area contributed by atoms with Crippen molar-refractivity contribution in [3.05, 3.63) is 52.0 Å². The number of benzene rings is 2. The molecule has 3 rings (SSSR count). The molecular weight excluding hydrogens is 339 g/mol. The Bertz CT molecular complexity index is 737. The van der Waals surface area contributed by atoms with Crippen LogP contribution >= 0.6 is 23.2 Å². The molecule has 5 nitrogen and oxygen atoms in total. The van der Waals surface area contributed by atoms with Crippen LogP contribution in [-0.4, -0.2) is 19.2 Å². The fourth-order valence-electron chi connectivity index (χ4n) is 2.17. The van der Waals surface area contributed by atoms with Crippen molar-refractivity contribution in [2.45, 2.75) is 6.54 Å². The summed E-state index contributed by atoms with van der Waals surface area (Å²) in [7, 11) is 0. The number of halogens is 2. The van der Waals surface area contributed by atoms with E-state index in [4.69, 9.17) is 32.7 Å². The molecule has 0 spiro atoms. The molecule has 1 heterocycles. The van der Waals surface area contributed by atoms with E-state index in [0.29, 0.717) is 22.3 Å². The highest BCUT2D eigenvalue weighted by atomic mass is 35.5. The Hall–Kier alpha value is -1.95. The van der Waals surface area contributed by atoms with Crippen LogP contribution in [0.15, 0.2) is 36.4 Å². The average Bonchev–Trinajstić information content (AvgIpc) is 2.99. The summed E-state index contributed by atoms with van der Waals surface area (Å²) >= 11 is 11.9. The lowest BCUT2D eigenvalue weighted by atomic mass is 10.2. The van der Waals surface area contributed by atoms with Crippen molar-refractivity contribution in [3.8, 4) is 11.5 Å². The number of amides is 1. The minimum absolute atomic E-state index is 0.150. The Kier molecular flexibility index (Phi) is 4.91. The lowest BCUT2D eigenvalue weighted by Crippen LogP contribution is -2.27. The second kappa shape index (κ2) is 7.08. The number of anilines is 1. The summed E-state index contributed by atoms with van der Waals surface area (Å²) in [5.74, 6) is 1.26. The van der Waals surface area contributed by atoms with E-state index in [-0.39, 0.29) is 19.2 Å². The number of carbonyl (C=O) groups excluding carboxylic acids is 1. The third-order valence-electron chi connectivity index (χ3n) is 3.28. The largest absolute Gasteiger partial charge is 0.454 e. The maximum Gasteiger partial charge on any atom is 0.238 e. The molecule has 1 aliphatic rings. The van der Waals surface area contributed by atoms with E-state index in [9.17, 15) is 4.79 Å². The highest BCUT2D eigenvalue weighted by molar-refractivity contribution is 6.43. The van der Waals surface area contributed by atoms with Crippen molar-refractivity contribution < 1.29 is 14.3 Å². The van der Waals surface area contributed by atoms with Crippen LogP contribution in [0.3, 0.4) is 0 Å². The van der Waals surface area contributed by atoms with Gasteiger partial charge in [-0.2, -0.15) is 0 Å². The SMILES string of the molecule is O=C(CNCc1ccc2c(c1)OCO2)Nc1cccc(Cl)c1Cl. The third kappa shape index (κ3) is 3.88. The molecule has 0 radical (unpaired) electrons. The Morgan fingerprint density at radius 3 is 2.83 bits per heavy atom. The van der Waals surface area contributed by atoms with E-state index in [0.717, 1.165) is 17.1 Å². The fourth-order valence-corrected chi connectivity index (χ4v) is 2.51. The maximum absolute atomic E-state index is 11.9. The lowest BCUT2D eigenvalue weighted by Gasteiger charge is -2.09. The Labute approximate surface area is 143 Å². The molecule has 1 aliphatic heterocycles. The summed E-state index contributed by atoms with van der Waals surface area (Å²) in [6, 6.07) is 10.8. The summed E-state index contributed by atoms with van der Waals surface area (Å²) in [6.07, 6.45) is 0. The topological polar surface area (TPSA) is 59.6 Å².